The van der Waals surface area contributed by atoms with Crippen LogP contribution in [0.4, 0.5) is 0 Å². The van der Waals surface area contributed by atoms with Crippen molar-refractivity contribution in [2.75, 3.05) is 6.61 Å². The highest BCUT2D eigenvalue weighted by molar-refractivity contribution is 6.45. The summed E-state index contributed by atoms with van der Waals surface area (Å²) in [5.41, 5.74) is -18.2. The van der Waals surface area contributed by atoms with Crippen molar-refractivity contribution in [2.24, 2.45) is 0 Å². The van der Waals surface area contributed by atoms with Crippen LogP contribution in [0.3, 0.4) is 0 Å². The van der Waals surface area contributed by atoms with E-state index in [4.69, 9.17) is 6.85 Å². The third-order valence-electron chi connectivity index (χ3n) is 4.13. The smallest absolute Gasteiger partial charge is 0.240 e. The van der Waals surface area contributed by atoms with Gasteiger partial charge in [-0.1, -0.05) is 0 Å². The second-order valence-corrected chi connectivity index (χ2v) is 5.59. The molecule has 0 amide bonds. The average Bonchev–Trinajstić information content (AvgIpc) is 2.82. The van der Waals surface area contributed by atoms with Crippen LogP contribution in [0.15, 0.2) is 0 Å². The van der Waals surface area contributed by atoms with E-state index in [0.29, 0.717) is 0 Å². The normalized spacial score (nSPS) is 22.6. The first-order chi connectivity index (χ1) is 14.6. The summed E-state index contributed by atoms with van der Waals surface area (Å²) in [6.07, 6.45) is 0. The summed E-state index contributed by atoms with van der Waals surface area (Å²) in [6.45, 7) is -10.4. The SMILES string of the molecule is [2H]CC(=O)C(=O)[C@@](O)(C(=O)C[2H])[C@](O)(C(=O)C[2H])[C@](O)(C(=O)C[2H])[C@](O)(CO)C(=O)C[2H]. The van der Waals surface area contributed by atoms with Crippen LogP contribution in [0.5, 0.6) is 0 Å². The Morgan fingerprint density at radius 3 is 1.52 bits per heavy atom. The highest BCUT2D eigenvalue weighted by atomic mass is 16.4. The molecule has 27 heavy (non-hydrogen) atoms. The lowest BCUT2D eigenvalue weighted by atomic mass is 9.57. The third-order valence-corrected chi connectivity index (χ3v) is 4.13. The van der Waals surface area contributed by atoms with E-state index in [0.717, 1.165) is 0 Å². The fourth-order valence-electron chi connectivity index (χ4n) is 2.50. The summed E-state index contributed by atoms with van der Waals surface area (Å²) >= 11 is 0. The largest absolute Gasteiger partial charge is 0.393 e. The lowest BCUT2D eigenvalue weighted by molar-refractivity contribution is -0.264. The molecule has 0 radical (unpaired) electrons. The van der Waals surface area contributed by atoms with Crippen molar-refractivity contribution in [1.29, 1.82) is 0 Å². The van der Waals surface area contributed by atoms with E-state index in [-0.39, 0.29) is 0 Å². The van der Waals surface area contributed by atoms with Crippen molar-refractivity contribution in [3.8, 4) is 0 Å². The molecule has 0 aliphatic rings. The molecule has 152 valence electrons. The Balaban J connectivity index is 8.00. The van der Waals surface area contributed by atoms with E-state index in [1.165, 1.54) is 0 Å². The molecular weight excluding hydrogens is 368 g/mol. The van der Waals surface area contributed by atoms with E-state index in [1.807, 2.05) is 0 Å². The molecule has 0 heterocycles. The van der Waals surface area contributed by atoms with Crippen LogP contribution < -0.4 is 0 Å². The van der Waals surface area contributed by atoms with Crippen molar-refractivity contribution in [1.82, 2.24) is 0 Å². The van der Waals surface area contributed by atoms with Gasteiger partial charge in [0.2, 0.25) is 22.6 Å². The number of rotatable bonds is 10. The maximum atomic E-state index is 12.6. The minimum absolute atomic E-state index is 1.52. The van der Waals surface area contributed by atoms with Crippen molar-refractivity contribution in [3.05, 3.63) is 0 Å². The number of hydrogen-bond acceptors (Lipinski definition) is 11. The van der Waals surface area contributed by atoms with Crippen LogP contribution in [0.1, 0.15) is 41.4 Å². The van der Waals surface area contributed by atoms with Crippen molar-refractivity contribution < 1.29 is 61.2 Å². The van der Waals surface area contributed by atoms with Crippen molar-refractivity contribution in [3.63, 3.8) is 0 Å². The van der Waals surface area contributed by atoms with Crippen LogP contribution in [0.25, 0.3) is 0 Å². The second kappa shape index (κ2) is 7.44. The Bertz CT molecular complexity index is 820. The van der Waals surface area contributed by atoms with Crippen LogP contribution in [0, 0.1) is 0 Å². The molecule has 11 heteroatoms. The summed E-state index contributed by atoms with van der Waals surface area (Å²) in [4.78, 5) is 74.1. The summed E-state index contributed by atoms with van der Waals surface area (Å²) in [6, 6.07) is 0. The first-order valence-electron chi connectivity index (χ1n) is 10.3. The molecule has 0 spiro atoms. The number of hydrogen-bond donors (Lipinski definition) is 5. The predicted octanol–water partition coefficient (Wildman–Crippen LogP) is -3.58. The van der Waals surface area contributed by atoms with Gasteiger partial charge < -0.3 is 25.5 Å². The quantitative estimate of drug-likeness (QED) is 0.181. The van der Waals surface area contributed by atoms with Gasteiger partial charge in [-0.2, -0.15) is 0 Å². The molecular formula is C16H22O11. The van der Waals surface area contributed by atoms with E-state index < -0.39 is 98.2 Å². The van der Waals surface area contributed by atoms with Gasteiger partial charge in [-0.3, -0.25) is 28.8 Å². The molecule has 4 atom stereocenters. The summed E-state index contributed by atoms with van der Waals surface area (Å²) in [5, 5.41) is 53.3. The van der Waals surface area contributed by atoms with E-state index in [9.17, 15) is 54.3 Å². The maximum Gasteiger partial charge on any atom is 0.240 e. The van der Waals surface area contributed by atoms with Gasteiger partial charge in [-0.25, -0.2) is 0 Å². The highest BCUT2D eigenvalue weighted by Gasteiger charge is 2.79. The number of aliphatic hydroxyl groups excluding tert-OH is 1. The number of aliphatic hydroxyl groups is 5. The number of Topliss-reactive ketones (excluding diaryl/α,β-unsaturated/α-hetero) is 6. The first-order valence-corrected chi connectivity index (χ1v) is 6.81. The van der Waals surface area contributed by atoms with Gasteiger partial charge in [0.1, 0.15) is 0 Å². The Morgan fingerprint density at radius 1 is 0.704 bits per heavy atom. The summed E-state index contributed by atoms with van der Waals surface area (Å²) in [7, 11) is 0. The van der Waals surface area contributed by atoms with Gasteiger partial charge in [0, 0.05) is 13.8 Å². The van der Waals surface area contributed by atoms with Gasteiger partial charge in [0.05, 0.1) is 6.61 Å². The number of carbonyl (C=O) groups excluding carboxylic acids is 6. The van der Waals surface area contributed by atoms with Gasteiger partial charge in [-0.05, 0) is 27.6 Å². The molecule has 0 aliphatic carbocycles. The molecule has 0 aromatic rings. The maximum absolute atomic E-state index is 12.6. The fraction of sp³-hybridized carbons (Fsp3) is 0.625. The van der Waals surface area contributed by atoms with Gasteiger partial charge in [-0.15, -0.1) is 0 Å². The highest BCUT2D eigenvalue weighted by Crippen LogP contribution is 2.43. The molecule has 0 fully saturated rings. The Labute approximate surface area is 160 Å². The van der Waals surface area contributed by atoms with E-state index in [1.54, 1.807) is 0 Å². The zero-order valence-electron chi connectivity index (χ0n) is 18.9. The molecule has 0 unspecified atom stereocenters. The van der Waals surface area contributed by atoms with E-state index >= 15 is 0 Å². The van der Waals surface area contributed by atoms with Gasteiger partial charge >= 0.3 is 0 Å². The third kappa shape index (κ3) is 2.97. The van der Waals surface area contributed by atoms with E-state index in [2.05, 4.69) is 0 Å². The molecule has 5 N–H and O–H groups in total. The Hall–Kier alpha value is -2.18. The Kier molecular flexibility index (Phi) is 4.67. The standard InChI is InChI=1S/C16H22O11/c1-7(18)12(23)14(25,9(3)20)16(27,11(5)22)15(26,10(4)21)13(24,6-17)8(2)19/h17,24-27H,6H2,1-5H3/t13-,14-,15-,16+/m0/s1/i1D,2D,3D,4D,5D. The Morgan fingerprint density at radius 2 is 1.15 bits per heavy atom. The van der Waals surface area contributed by atoms with Crippen LogP contribution >= 0.6 is 0 Å². The van der Waals surface area contributed by atoms with Crippen molar-refractivity contribution in [2.45, 2.75) is 56.9 Å². The predicted molar refractivity (Wildman–Crippen MR) is 85.3 cm³/mol. The minimum Gasteiger partial charge on any atom is -0.393 e. The fourth-order valence-corrected chi connectivity index (χ4v) is 2.50. The number of ketones is 6. The summed E-state index contributed by atoms with van der Waals surface area (Å²) < 4.78 is 35.5. The molecule has 0 saturated carbocycles. The molecule has 0 aromatic carbocycles. The summed E-state index contributed by atoms with van der Waals surface area (Å²) in [5.74, 6) is -13.3. The molecule has 0 rings (SSSR count). The average molecular weight is 395 g/mol. The zero-order chi connectivity index (χ0) is 25.7. The molecule has 0 bridgehead atoms. The van der Waals surface area contributed by atoms with Crippen LogP contribution in [-0.4, -0.2) is 89.2 Å². The lowest BCUT2D eigenvalue weighted by Crippen LogP contribution is -2.85. The monoisotopic (exact) mass is 395 g/mol. The topological polar surface area (TPSA) is 204 Å². The minimum atomic E-state index is -4.79. The molecule has 11 nitrogen and oxygen atoms in total. The lowest BCUT2D eigenvalue weighted by Gasteiger charge is -2.52. The molecule has 0 aromatic heterocycles. The molecule has 0 aliphatic heterocycles. The number of carbonyl (C=O) groups is 6. The second-order valence-electron chi connectivity index (χ2n) is 5.59. The van der Waals surface area contributed by atoms with Crippen LogP contribution in [0.2, 0.25) is 0 Å². The first kappa shape index (κ1) is 17.0. The zero-order valence-corrected chi connectivity index (χ0v) is 13.9. The molecule has 0 saturated heterocycles. The van der Waals surface area contributed by atoms with Gasteiger partial charge in [0.15, 0.2) is 34.5 Å². The van der Waals surface area contributed by atoms with Gasteiger partial charge in [0.25, 0.3) is 0 Å². The van der Waals surface area contributed by atoms with Crippen LogP contribution in [-0.2, 0) is 28.8 Å². The van der Waals surface area contributed by atoms with Crippen molar-refractivity contribution >= 4 is 34.7 Å².